The molecule has 1 heterocycles. The van der Waals surface area contributed by atoms with Crippen molar-refractivity contribution in [3.8, 4) is 0 Å². The summed E-state index contributed by atoms with van der Waals surface area (Å²) in [7, 11) is 1.95. The number of hydrogen-bond acceptors (Lipinski definition) is 3. The second-order valence-corrected chi connectivity index (χ2v) is 5.27. The molecule has 19 heavy (non-hydrogen) atoms. The minimum Gasteiger partial charge on any atom is -0.480 e. The lowest BCUT2D eigenvalue weighted by molar-refractivity contribution is -0.206. The van der Waals surface area contributed by atoms with Gasteiger partial charge in [0.2, 0.25) is 5.54 Å². The van der Waals surface area contributed by atoms with E-state index in [1.165, 1.54) is 0 Å². The standard InChI is InChI=1S/C12H21F3N2O2/c1-11(10(18)19,12(13,14)15)16-7-6-9-5-3-4-8-17(9)2/h9,16H,3-8H2,1-2H3,(H,18,19). The van der Waals surface area contributed by atoms with Crippen LogP contribution in [0.15, 0.2) is 0 Å². The average molecular weight is 282 g/mol. The summed E-state index contributed by atoms with van der Waals surface area (Å²) >= 11 is 0. The molecule has 1 aliphatic heterocycles. The zero-order valence-electron chi connectivity index (χ0n) is 11.3. The van der Waals surface area contributed by atoms with Gasteiger partial charge < -0.3 is 10.0 Å². The van der Waals surface area contributed by atoms with Crippen molar-refractivity contribution in [3.05, 3.63) is 0 Å². The van der Waals surface area contributed by atoms with Crippen LogP contribution in [0.2, 0.25) is 0 Å². The number of nitrogens with zero attached hydrogens (tertiary/aromatic N) is 1. The Morgan fingerprint density at radius 3 is 2.53 bits per heavy atom. The number of hydrogen-bond donors (Lipinski definition) is 2. The number of piperidine rings is 1. The highest BCUT2D eigenvalue weighted by atomic mass is 19.4. The number of halogens is 3. The molecule has 2 N–H and O–H groups in total. The van der Waals surface area contributed by atoms with E-state index in [2.05, 4.69) is 10.2 Å². The van der Waals surface area contributed by atoms with Crippen LogP contribution in [0, 0.1) is 0 Å². The van der Waals surface area contributed by atoms with E-state index in [1.54, 1.807) is 0 Å². The van der Waals surface area contributed by atoms with E-state index < -0.39 is 17.7 Å². The third kappa shape index (κ3) is 3.82. The Labute approximate surface area is 111 Å². The van der Waals surface area contributed by atoms with Crippen LogP contribution >= 0.6 is 0 Å². The summed E-state index contributed by atoms with van der Waals surface area (Å²) < 4.78 is 38.2. The zero-order chi connectivity index (χ0) is 14.7. The molecular weight excluding hydrogens is 261 g/mol. The van der Waals surface area contributed by atoms with E-state index in [-0.39, 0.29) is 12.6 Å². The number of aliphatic carboxylic acids is 1. The predicted molar refractivity (Wildman–Crippen MR) is 65.0 cm³/mol. The van der Waals surface area contributed by atoms with Crippen LogP contribution in [0.1, 0.15) is 32.6 Å². The van der Waals surface area contributed by atoms with E-state index >= 15 is 0 Å². The summed E-state index contributed by atoms with van der Waals surface area (Å²) in [5.41, 5.74) is -2.87. The zero-order valence-corrected chi connectivity index (χ0v) is 11.3. The fourth-order valence-corrected chi connectivity index (χ4v) is 2.29. The van der Waals surface area contributed by atoms with Gasteiger partial charge in [0.15, 0.2) is 0 Å². The molecule has 0 aromatic heterocycles. The van der Waals surface area contributed by atoms with Gasteiger partial charge in [-0.05, 0) is 46.3 Å². The van der Waals surface area contributed by atoms with E-state index in [1.807, 2.05) is 7.05 Å². The van der Waals surface area contributed by atoms with Crippen LogP contribution in [-0.2, 0) is 4.79 Å². The molecule has 0 bridgehead atoms. The van der Waals surface area contributed by atoms with Gasteiger partial charge in [0.1, 0.15) is 0 Å². The number of nitrogens with one attached hydrogen (secondary N) is 1. The van der Waals surface area contributed by atoms with Gasteiger partial charge in [-0.3, -0.25) is 5.32 Å². The van der Waals surface area contributed by atoms with Crippen molar-refractivity contribution in [2.75, 3.05) is 20.1 Å². The van der Waals surface area contributed by atoms with Gasteiger partial charge in [-0.15, -0.1) is 0 Å². The van der Waals surface area contributed by atoms with Crippen molar-refractivity contribution in [2.24, 2.45) is 0 Å². The van der Waals surface area contributed by atoms with Gasteiger partial charge >= 0.3 is 12.1 Å². The fourth-order valence-electron chi connectivity index (χ4n) is 2.29. The van der Waals surface area contributed by atoms with Crippen molar-refractivity contribution in [1.29, 1.82) is 0 Å². The Morgan fingerprint density at radius 2 is 2.05 bits per heavy atom. The molecule has 0 aromatic carbocycles. The maximum absolute atomic E-state index is 12.7. The lowest BCUT2D eigenvalue weighted by Gasteiger charge is -2.34. The quantitative estimate of drug-likeness (QED) is 0.808. The van der Waals surface area contributed by atoms with E-state index in [0.717, 1.165) is 25.8 Å². The summed E-state index contributed by atoms with van der Waals surface area (Å²) in [4.78, 5) is 12.9. The normalized spacial score (nSPS) is 25.0. The number of carboxylic acids is 1. The Hall–Kier alpha value is -0.820. The minimum atomic E-state index is -4.81. The fraction of sp³-hybridized carbons (Fsp3) is 0.917. The maximum Gasteiger partial charge on any atom is 0.417 e. The van der Waals surface area contributed by atoms with E-state index in [0.29, 0.717) is 13.3 Å². The molecule has 0 amide bonds. The average Bonchev–Trinajstić information content (AvgIpc) is 2.29. The molecule has 0 spiro atoms. The van der Waals surface area contributed by atoms with Crippen LogP contribution in [-0.4, -0.2) is 53.9 Å². The number of carbonyl (C=O) groups is 1. The molecule has 7 heteroatoms. The van der Waals surface area contributed by atoms with Crippen molar-refractivity contribution >= 4 is 5.97 Å². The number of carboxylic acid groups (broad SMARTS) is 1. The molecule has 4 nitrogen and oxygen atoms in total. The minimum absolute atomic E-state index is 0.0390. The van der Waals surface area contributed by atoms with E-state index in [4.69, 9.17) is 5.11 Å². The molecule has 112 valence electrons. The van der Waals surface area contributed by atoms with Crippen molar-refractivity contribution in [1.82, 2.24) is 10.2 Å². The molecular formula is C12H21F3N2O2. The van der Waals surface area contributed by atoms with Crippen LogP contribution < -0.4 is 5.32 Å². The smallest absolute Gasteiger partial charge is 0.417 e. The highest BCUT2D eigenvalue weighted by Gasteiger charge is 2.57. The third-order valence-electron chi connectivity index (χ3n) is 3.87. The largest absolute Gasteiger partial charge is 0.480 e. The number of rotatable bonds is 5. The monoisotopic (exact) mass is 282 g/mol. The molecule has 0 aliphatic carbocycles. The molecule has 1 aliphatic rings. The van der Waals surface area contributed by atoms with Crippen LogP contribution in [0.4, 0.5) is 13.2 Å². The van der Waals surface area contributed by atoms with Gasteiger partial charge in [-0.1, -0.05) is 6.42 Å². The number of alkyl halides is 3. The molecule has 2 unspecified atom stereocenters. The maximum atomic E-state index is 12.7. The highest BCUT2D eigenvalue weighted by molar-refractivity contribution is 5.79. The van der Waals surface area contributed by atoms with Crippen molar-refractivity contribution in [2.45, 2.75) is 50.4 Å². The molecule has 1 saturated heterocycles. The Balaban J connectivity index is 2.51. The summed E-state index contributed by atoms with van der Waals surface area (Å²) in [6, 6.07) is 0.229. The first-order valence-electron chi connectivity index (χ1n) is 6.44. The van der Waals surface area contributed by atoms with Gasteiger partial charge in [0.05, 0.1) is 0 Å². The van der Waals surface area contributed by atoms with Gasteiger partial charge in [0, 0.05) is 6.04 Å². The van der Waals surface area contributed by atoms with Crippen LogP contribution in [0.25, 0.3) is 0 Å². The first kappa shape index (κ1) is 16.2. The number of likely N-dealkylation sites (tertiary alicyclic amines) is 1. The molecule has 0 aromatic rings. The molecule has 0 radical (unpaired) electrons. The molecule has 1 rings (SSSR count). The molecule has 1 fully saturated rings. The lowest BCUT2D eigenvalue weighted by atomic mass is 9.98. The Kier molecular flexibility index (Phi) is 5.20. The predicted octanol–water partition coefficient (Wildman–Crippen LogP) is 1.86. The van der Waals surface area contributed by atoms with Crippen LogP contribution in [0.5, 0.6) is 0 Å². The SMILES string of the molecule is CN1CCCCC1CCNC(C)(C(=O)O)C(F)(F)F. The van der Waals surface area contributed by atoms with Crippen LogP contribution in [0.3, 0.4) is 0 Å². The Morgan fingerprint density at radius 1 is 1.42 bits per heavy atom. The summed E-state index contributed by atoms with van der Waals surface area (Å²) in [5, 5.41) is 10.9. The second kappa shape index (κ2) is 6.09. The first-order valence-corrected chi connectivity index (χ1v) is 6.44. The third-order valence-corrected chi connectivity index (χ3v) is 3.87. The first-order chi connectivity index (χ1) is 8.68. The lowest BCUT2D eigenvalue weighted by Crippen LogP contribution is -2.60. The highest BCUT2D eigenvalue weighted by Crippen LogP contribution is 2.30. The summed E-state index contributed by atoms with van der Waals surface area (Å²) in [6.07, 6.45) is -1.15. The topological polar surface area (TPSA) is 52.6 Å². The summed E-state index contributed by atoms with van der Waals surface area (Å²) in [6.45, 7) is 1.65. The Bertz CT molecular complexity index is 323. The molecule has 0 saturated carbocycles. The molecule has 2 atom stereocenters. The van der Waals surface area contributed by atoms with Crippen molar-refractivity contribution in [3.63, 3.8) is 0 Å². The van der Waals surface area contributed by atoms with Gasteiger partial charge in [-0.2, -0.15) is 13.2 Å². The summed E-state index contributed by atoms with van der Waals surface area (Å²) in [5.74, 6) is -1.89. The van der Waals surface area contributed by atoms with Crippen molar-refractivity contribution < 1.29 is 23.1 Å². The van der Waals surface area contributed by atoms with Gasteiger partial charge in [0.25, 0.3) is 0 Å². The van der Waals surface area contributed by atoms with E-state index in [9.17, 15) is 18.0 Å². The van der Waals surface area contributed by atoms with Gasteiger partial charge in [-0.25, -0.2) is 4.79 Å². The second-order valence-electron chi connectivity index (χ2n) is 5.27.